The van der Waals surface area contributed by atoms with Crippen LogP contribution in [0.3, 0.4) is 0 Å². The van der Waals surface area contributed by atoms with E-state index in [1.807, 2.05) is 11.2 Å². The van der Waals surface area contributed by atoms with Crippen LogP contribution in [0.1, 0.15) is 40.0 Å². The molecular weight excluding hydrogens is 240 g/mol. The molecule has 0 N–H and O–H groups in total. The summed E-state index contributed by atoms with van der Waals surface area (Å²) < 4.78 is 7.20. The smallest absolute Gasteiger partial charge is 0.305 e. The molecule has 0 rings (SSSR count). The van der Waals surface area contributed by atoms with Gasteiger partial charge in [-0.3, -0.25) is 4.79 Å². The zero-order valence-electron chi connectivity index (χ0n) is 10.2. The molecule has 0 aromatic carbocycles. The number of thiocarbonyl (C=S) groups is 2. The average molecular weight is 260 g/mol. The predicted octanol–water partition coefficient (Wildman–Crippen LogP) is 3.95. The average Bonchev–Trinajstić information content (AvgIpc) is 2.28. The third kappa shape index (κ3) is 9.97. The Balaban J connectivity index is 0. The maximum Gasteiger partial charge on any atom is 0.305 e. The number of carbonyl (C=O) groups is 1. The molecule has 0 aliphatic rings. The van der Waals surface area contributed by atoms with E-state index in [1.54, 1.807) is 6.08 Å². The Bertz CT molecular complexity index is 233. The molecule has 2 atom stereocenters. The van der Waals surface area contributed by atoms with E-state index in [4.69, 9.17) is 4.74 Å². The fourth-order valence-corrected chi connectivity index (χ4v) is 1.08. The summed E-state index contributed by atoms with van der Waals surface area (Å²) in [5.74, 6) is 0.292. The van der Waals surface area contributed by atoms with Gasteiger partial charge in [-0.25, -0.2) is 0 Å². The van der Waals surface area contributed by atoms with Gasteiger partial charge in [0.05, 0.1) is 0 Å². The second kappa shape index (κ2) is 12.5. The van der Waals surface area contributed by atoms with Crippen molar-refractivity contribution in [3.8, 4) is 0 Å². The van der Waals surface area contributed by atoms with Crippen LogP contribution in [0.2, 0.25) is 0 Å². The van der Waals surface area contributed by atoms with Gasteiger partial charge >= 0.3 is 5.97 Å². The van der Waals surface area contributed by atoms with Crippen molar-refractivity contribution < 1.29 is 9.53 Å². The van der Waals surface area contributed by atoms with Crippen LogP contribution in [0.4, 0.5) is 0 Å². The van der Waals surface area contributed by atoms with Crippen LogP contribution in [0.15, 0.2) is 12.7 Å². The molecule has 2 unspecified atom stereocenters. The van der Waals surface area contributed by atoms with E-state index >= 15 is 0 Å². The van der Waals surface area contributed by atoms with E-state index in [9.17, 15) is 4.79 Å². The molecule has 4 heteroatoms. The van der Waals surface area contributed by atoms with Crippen LogP contribution in [0.25, 0.3) is 0 Å². The Morgan fingerprint density at radius 1 is 1.50 bits per heavy atom. The van der Waals surface area contributed by atoms with Gasteiger partial charge in [-0.05, 0) is 30.4 Å². The summed E-state index contributed by atoms with van der Waals surface area (Å²) in [7, 11) is 0. The molecule has 0 bridgehead atoms. The van der Waals surface area contributed by atoms with Gasteiger partial charge in [-0.15, -0.1) is 6.58 Å². The Hall–Kier alpha value is -0.570. The topological polar surface area (TPSA) is 26.3 Å². The molecule has 92 valence electrons. The van der Waals surface area contributed by atoms with Crippen LogP contribution < -0.4 is 0 Å². The van der Waals surface area contributed by atoms with Gasteiger partial charge in [-0.2, -0.15) is 0 Å². The van der Waals surface area contributed by atoms with Crippen LogP contribution in [0.5, 0.6) is 0 Å². The second-order valence-corrected chi connectivity index (χ2v) is 4.04. The summed E-state index contributed by atoms with van der Waals surface area (Å²) in [5, 5.41) is 0. The molecule has 0 radical (unpaired) electrons. The highest BCUT2D eigenvalue weighted by molar-refractivity contribution is 7.93. The standard InChI is InChI=1S/C11H20O2.CS2/c1-5-8-10(9(4)6-2)13-11(12)7-3;2-1-3/h5,9-10H,1,6-8H2,2-4H3;. The van der Waals surface area contributed by atoms with E-state index in [-0.39, 0.29) is 12.1 Å². The van der Waals surface area contributed by atoms with Gasteiger partial charge < -0.3 is 4.74 Å². The maximum absolute atomic E-state index is 11.1. The fourth-order valence-electron chi connectivity index (χ4n) is 1.08. The van der Waals surface area contributed by atoms with Crippen molar-refractivity contribution in [3.05, 3.63) is 12.7 Å². The molecule has 0 amide bonds. The van der Waals surface area contributed by atoms with Gasteiger partial charge in [0.15, 0.2) is 0 Å². The number of hydrogen-bond donors (Lipinski definition) is 0. The van der Waals surface area contributed by atoms with Crippen LogP contribution in [0, 0.1) is 5.92 Å². The molecule has 0 fully saturated rings. The Morgan fingerprint density at radius 3 is 2.31 bits per heavy atom. The molecule has 0 spiro atoms. The number of esters is 1. The van der Waals surface area contributed by atoms with Crippen molar-refractivity contribution >= 4 is 34.7 Å². The summed E-state index contributed by atoms with van der Waals surface area (Å²) in [4.78, 5) is 11.1. The zero-order chi connectivity index (χ0) is 13.0. The number of rotatable bonds is 6. The molecule has 0 aliphatic heterocycles. The minimum atomic E-state index is -0.118. The zero-order valence-corrected chi connectivity index (χ0v) is 11.8. The van der Waals surface area contributed by atoms with Crippen LogP contribution in [-0.4, -0.2) is 16.4 Å². The number of hydrogen-bond acceptors (Lipinski definition) is 4. The summed E-state index contributed by atoms with van der Waals surface area (Å²) in [6.07, 6.45) is 4.04. The van der Waals surface area contributed by atoms with E-state index in [0.29, 0.717) is 12.3 Å². The highest BCUT2D eigenvalue weighted by atomic mass is 32.1. The van der Waals surface area contributed by atoms with Crippen LogP contribution >= 0.6 is 24.4 Å². The highest BCUT2D eigenvalue weighted by Gasteiger charge is 2.17. The quantitative estimate of drug-likeness (QED) is 0.410. The van der Waals surface area contributed by atoms with Gasteiger partial charge in [0, 0.05) is 17.2 Å². The van der Waals surface area contributed by atoms with Crippen LogP contribution in [-0.2, 0) is 9.53 Å². The second-order valence-electron chi connectivity index (χ2n) is 3.38. The molecule has 2 nitrogen and oxygen atoms in total. The Kier molecular flexibility index (Phi) is 13.9. The summed E-state index contributed by atoms with van der Waals surface area (Å²) in [6.45, 7) is 9.66. The molecule has 0 heterocycles. The molecule has 0 saturated carbocycles. The third-order valence-corrected chi connectivity index (χ3v) is 2.25. The van der Waals surface area contributed by atoms with Crippen molar-refractivity contribution in [2.45, 2.75) is 46.1 Å². The first kappa shape index (κ1) is 17.8. The molecule has 16 heavy (non-hydrogen) atoms. The maximum atomic E-state index is 11.1. The lowest BCUT2D eigenvalue weighted by atomic mass is 9.99. The third-order valence-electron chi connectivity index (χ3n) is 2.25. The monoisotopic (exact) mass is 260 g/mol. The molecule has 0 aromatic rings. The van der Waals surface area contributed by atoms with Gasteiger partial charge in [0.25, 0.3) is 0 Å². The minimum absolute atomic E-state index is 0.00921. The molecule has 0 aliphatic carbocycles. The first-order valence-electron chi connectivity index (χ1n) is 5.36. The lowest BCUT2D eigenvalue weighted by Crippen LogP contribution is -2.24. The first-order valence-corrected chi connectivity index (χ1v) is 6.18. The summed E-state index contributed by atoms with van der Waals surface area (Å²) in [6, 6.07) is 0. The van der Waals surface area contributed by atoms with Crippen molar-refractivity contribution in [2.24, 2.45) is 5.92 Å². The van der Waals surface area contributed by atoms with E-state index in [0.717, 1.165) is 12.8 Å². The van der Waals surface area contributed by atoms with E-state index in [1.165, 1.54) is 0 Å². The van der Waals surface area contributed by atoms with Gasteiger partial charge in [0.1, 0.15) is 6.10 Å². The summed E-state index contributed by atoms with van der Waals surface area (Å²) >= 11 is 7.92. The largest absolute Gasteiger partial charge is 0.462 e. The summed E-state index contributed by atoms with van der Waals surface area (Å²) in [5.41, 5.74) is 0. The lowest BCUT2D eigenvalue weighted by Gasteiger charge is -2.21. The number of ether oxygens (including phenoxy) is 1. The van der Waals surface area contributed by atoms with Crippen molar-refractivity contribution in [1.82, 2.24) is 0 Å². The Morgan fingerprint density at radius 2 is 2.00 bits per heavy atom. The minimum Gasteiger partial charge on any atom is -0.462 e. The molecular formula is C12H20O2S2. The van der Waals surface area contributed by atoms with Gasteiger partial charge in [-0.1, -0.05) is 33.3 Å². The SMILES string of the molecule is C=CCC(OC(=O)CC)C(C)CC.S=C=S. The number of carbonyl (C=O) groups excluding carboxylic acids is 1. The van der Waals surface area contributed by atoms with Crippen molar-refractivity contribution in [3.63, 3.8) is 0 Å². The highest BCUT2D eigenvalue weighted by Crippen LogP contribution is 2.15. The van der Waals surface area contributed by atoms with E-state index in [2.05, 4.69) is 44.9 Å². The molecule has 0 aromatic heterocycles. The van der Waals surface area contributed by atoms with Gasteiger partial charge in [0.2, 0.25) is 0 Å². The predicted molar refractivity (Wildman–Crippen MR) is 74.6 cm³/mol. The normalized spacial score (nSPS) is 12.4. The van der Waals surface area contributed by atoms with Crippen molar-refractivity contribution in [2.75, 3.05) is 0 Å². The first-order chi connectivity index (χ1) is 7.56. The Labute approximate surface area is 109 Å². The van der Waals surface area contributed by atoms with Crippen molar-refractivity contribution in [1.29, 1.82) is 0 Å². The molecule has 0 saturated heterocycles. The van der Waals surface area contributed by atoms with E-state index < -0.39 is 0 Å². The lowest BCUT2D eigenvalue weighted by molar-refractivity contribution is -0.151. The fraction of sp³-hybridized carbons (Fsp3) is 0.667.